The molecule has 0 aliphatic carbocycles. The van der Waals surface area contributed by atoms with E-state index in [1.54, 1.807) is 6.21 Å². The molecule has 0 unspecified atom stereocenters. The number of aromatic amines is 1. The Morgan fingerprint density at radius 3 is 2.68 bits per heavy atom. The zero-order valence-corrected chi connectivity index (χ0v) is 16.6. The van der Waals surface area contributed by atoms with E-state index in [1.165, 1.54) is 22.7 Å². The molecular formula is C23H21N3OS. The van der Waals surface area contributed by atoms with E-state index in [0.29, 0.717) is 5.75 Å². The van der Waals surface area contributed by atoms with Gasteiger partial charge in [-0.3, -0.25) is 4.79 Å². The van der Waals surface area contributed by atoms with Crippen LogP contribution in [0.1, 0.15) is 16.8 Å². The molecule has 0 fully saturated rings. The van der Waals surface area contributed by atoms with Crippen LogP contribution < -0.4 is 5.43 Å². The summed E-state index contributed by atoms with van der Waals surface area (Å²) >= 11 is 1.52. The van der Waals surface area contributed by atoms with Crippen molar-refractivity contribution in [1.82, 2.24) is 10.4 Å². The molecule has 0 saturated carbocycles. The Balaban J connectivity index is 1.42. The van der Waals surface area contributed by atoms with Crippen molar-refractivity contribution in [1.29, 1.82) is 0 Å². The van der Waals surface area contributed by atoms with Crippen LogP contribution in [-0.2, 0) is 4.79 Å². The van der Waals surface area contributed by atoms with E-state index >= 15 is 0 Å². The number of aryl methyl sites for hydroxylation is 2. The van der Waals surface area contributed by atoms with E-state index in [9.17, 15) is 4.79 Å². The molecule has 1 amide bonds. The largest absolute Gasteiger partial charge is 0.358 e. The zero-order valence-electron chi connectivity index (χ0n) is 15.8. The molecule has 0 atom stereocenters. The Hall–Kier alpha value is -3.05. The third kappa shape index (κ3) is 3.66. The summed E-state index contributed by atoms with van der Waals surface area (Å²) in [6, 6.07) is 20.5. The van der Waals surface area contributed by atoms with Gasteiger partial charge < -0.3 is 4.98 Å². The van der Waals surface area contributed by atoms with Gasteiger partial charge in [0.1, 0.15) is 0 Å². The van der Waals surface area contributed by atoms with E-state index in [4.69, 9.17) is 0 Å². The first-order valence-electron chi connectivity index (χ1n) is 9.14. The molecule has 0 aliphatic heterocycles. The maximum absolute atomic E-state index is 12.2. The molecule has 0 saturated heterocycles. The fraction of sp³-hybridized carbons (Fsp3) is 0.130. The number of nitrogens with zero attached hydrogens (tertiary/aromatic N) is 1. The van der Waals surface area contributed by atoms with Gasteiger partial charge in [0.05, 0.1) is 12.0 Å². The van der Waals surface area contributed by atoms with Gasteiger partial charge in [-0.2, -0.15) is 5.10 Å². The second kappa shape index (κ2) is 7.90. The highest BCUT2D eigenvalue weighted by Crippen LogP contribution is 2.27. The van der Waals surface area contributed by atoms with Crippen LogP contribution in [0.3, 0.4) is 0 Å². The average Bonchev–Trinajstić information content (AvgIpc) is 3.03. The molecule has 1 aromatic heterocycles. The minimum Gasteiger partial charge on any atom is -0.358 e. The number of amides is 1. The van der Waals surface area contributed by atoms with Gasteiger partial charge in [0, 0.05) is 27.1 Å². The molecule has 0 bridgehead atoms. The molecule has 4 rings (SSSR count). The number of fused-ring (bicyclic) bond motifs is 2. The van der Waals surface area contributed by atoms with Crippen molar-refractivity contribution in [2.24, 2.45) is 5.10 Å². The summed E-state index contributed by atoms with van der Waals surface area (Å²) in [6.45, 7) is 4.09. The lowest BCUT2D eigenvalue weighted by Crippen LogP contribution is -2.19. The number of carbonyl (C=O) groups excluding carboxylic acids is 1. The first kappa shape index (κ1) is 18.3. The predicted molar refractivity (Wildman–Crippen MR) is 118 cm³/mol. The highest BCUT2D eigenvalue weighted by Gasteiger charge is 2.08. The number of rotatable bonds is 5. The van der Waals surface area contributed by atoms with Gasteiger partial charge in [-0.1, -0.05) is 54.6 Å². The number of H-pyrrole nitrogens is 1. The number of thioether (sulfide) groups is 1. The quantitative estimate of drug-likeness (QED) is 0.282. The maximum Gasteiger partial charge on any atom is 0.250 e. The van der Waals surface area contributed by atoms with Gasteiger partial charge in [0.15, 0.2) is 0 Å². The van der Waals surface area contributed by atoms with Gasteiger partial charge in [-0.15, -0.1) is 11.8 Å². The Labute approximate surface area is 168 Å². The highest BCUT2D eigenvalue weighted by atomic mass is 32.2. The molecule has 28 heavy (non-hydrogen) atoms. The number of nitrogens with one attached hydrogen (secondary N) is 2. The van der Waals surface area contributed by atoms with Crippen molar-refractivity contribution in [2.75, 3.05) is 5.75 Å². The summed E-state index contributed by atoms with van der Waals surface area (Å²) in [7, 11) is 0. The van der Waals surface area contributed by atoms with Gasteiger partial charge in [-0.25, -0.2) is 5.43 Å². The fourth-order valence-corrected chi connectivity index (χ4v) is 4.21. The normalized spacial score (nSPS) is 11.5. The fourth-order valence-electron chi connectivity index (χ4n) is 3.35. The van der Waals surface area contributed by atoms with E-state index in [0.717, 1.165) is 32.4 Å². The number of hydrogen-bond acceptors (Lipinski definition) is 3. The summed E-state index contributed by atoms with van der Waals surface area (Å²) < 4.78 is 0. The van der Waals surface area contributed by atoms with E-state index in [-0.39, 0.29) is 5.91 Å². The average molecular weight is 388 g/mol. The standard InChI is InChI=1S/C23H21N3OS/c1-15-7-5-11-19-20(16(2)25-23(15)19)13-24-26-22(27)14-28-21-12-6-9-17-8-3-4-10-18(17)21/h3-13,25H,14H2,1-2H3,(H,26,27)/b24-13-. The molecule has 0 aliphatic rings. The Bertz CT molecular complexity index is 1190. The number of carbonyl (C=O) groups is 1. The predicted octanol–water partition coefficient (Wildman–Crippen LogP) is 5.18. The zero-order chi connectivity index (χ0) is 19.5. The van der Waals surface area contributed by atoms with Crippen LogP contribution in [0.25, 0.3) is 21.7 Å². The lowest BCUT2D eigenvalue weighted by molar-refractivity contribution is -0.118. The number of aromatic nitrogens is 1. The number of benzene rings is 3. The number of para-hydroxylation sites is 1. The minimum absolute atomic E-state index is 0.122. The Morgan fingerprint density at radius 2 is 1.79 bits per heavy atom. The summed E-state index contributed by atoms with van der Waals surface area (Å²) in [5, 5.41) is 7.62. The second-order valence-corrected chi connectivity index (χ2v) is 7.74. The van der Waals surface area contributed by atoms with Gasteiger partial charge in [0.25, 0.3) is 0 Å². The molecule has 4 nitrogen and oxygen atoms in total. The maximum atomic E-state index is 12.2. The monoisotopic (exact) mass is 387 g/mol. The van der Waals surface area contributed by atoms with E-state index in [2.05, 4.69) is 52.8 Å². The number of hydrazone groups is 1. The summed E-state index contributed by atoms with van der Waals surface area (Å²) in [5.74, 6) is 0.194. The van der Waals surface area contributed by atoms with Crippen molar-refractivity contribution >= 4 is 45.6 Å². The Morgan fingerprint density at radius 1 is 1.04 bits per heavy atom. The van der Waals surface area contributed by atoms with Crippen molar-refractivity contribution in [3.63, 3.8) is 0 Å². The van der Waals surface area contributed by atoms with Crippen molar-refractivity contribution in [3.05, 3.63) is 77.5 Å². The summed E-state index contributed by atoms with van der Waals surface area (Å²) in [6.07, 6.45) is 1.72. The van der Waals surface area contributed by atoms with Gasteiger partial charge >= 0.3 is 0 Å². The van der Waals surface area contributed by atoms with Crippen LogP contribution in [0.5, 0.6) is 0 Å². The lowest BCUT2D eigenvalue weighted by Gasteiger charge is -2.05. The summed E-state index contributed by atoms with van der Waals surface area (Å²) in [4.78, 5) is 16.7. The van der Waals surface area contributed by atoms with Crippen LogP contribution in [0.2, 0.25) is 0 Å². The molecule has 0 spiro atoms. The molecule has 5 heteroatoms. The third-order valence-electron chi connectivity index (χ3n) is 4.77. The SMILES string of the molecule is Cc1[nH]c2c(C)cccc2c1/C=N\NC(=O)CSc1cccc2ccccc12. The molecule has 4 aromatic rings. The van der Waals surface area contributed by atoms with Gasteiger partial charge in [-0.05, 0) is 36.2 Å². The molecule has 0 radical (unpaired) electrons. The van der Waals surface area contributed by atoms with Crippen LogP contribution in [-0.4, -0.2) is 22.9 Å². The smallest absolute Gasteiger partial charge is 0.250 e. The third-order valence-corrected chi connectivity index (χ3v) is 5.84. The van der Waals surface area contributed by atoms with Crippen LogP contribution in [0, 0.1) is 13.8 Å². The molecule has 2 N–H and O–H groups in total. The first-order valence-corrected chi connectivity index (χ1v) is 10.1. The van der Waals surface area contributed by atoms with Crippen LogP contribution >= 0.6 is 11.8 Å². The van der Waals surface area contributed by atoms with Crippen molar-refractivity contribution in [2.45, 2.75) is 18.7 Å². The Kier molecular flexibility index (Phi) is 5.17. The van der Waals surface area contributed by atoms with Gasteiger partial charge in [0.2, 0.25) is 5.91 Å². The second-order valence-electron chi connectivity index (χ2n) is 6.72. The molecule has 140 valence electrons. The van der Waals surface area contributed by atoms with Crippen molar-refractivity contribution in [3.8, 4) is 0 Å². The highest BCUT2D eigenvalue weighted by molar-refractivity contribution is 8.00. The molecule has 3 aromatic carbocycles. The van der Waals surface area contributed by atoms with Crippen LogP contribution in [0.15, 0.2) is 70.7 Å². The topological polar surface area (TPSA) is 57.2 Å². The molecule has 1 heterocycles. The minimum atomic E-state index is -0.122. The van der Waals surface area contributed by atoms with Crippen molar-refractivity contribution < 1.29 is 4.79 Å². The van der Waals surface area contributed by atoms with Crippen LogP contribution in [0.4, 0.5) is 0 Å². The van der Waals surface area contributed by atoms with E-state index in [1.807, 2.05) is 37.3 Å². The number of hydrogen-bond donors (Lipinski definition) is 2. The lowest BCUT2D eigenvalue weighted by atomic mass is 10.1. The van der Waals surface area contributed by atoms with E-state index < -0.39 is 0 Å². The first-order chi connectivity index (χ1) is 13.6. The summed E-state index contributed by atoms with van der Waals surface area (Å²) in [5.41, 5.74) is 6.98. The molecular weight excluding hydrogens is 366 g/mol.